The number of anilines is 1. The summed E-state index contributed by atoms with van der Waals surface area (Å²) < 4.78 is 22.0. The van der Waals surface area contributed by atoms with Crippen LogP contribution in [-0.2, 0) is 23.9 Å². The van der Waals surface area contributed by atoms with Crippen LogP contribution in [0.25, 0.3) is 11.2 Å². The van der Waals surface area contributed by atoms with Crippen molar-refractivity contribution in [1.82, 2.24) is 0 Å². The molecule has 2 aromatic rings. The van der Waals surface area contributed by atoms with Gasteiger partial charge in [0.25, 0.3) is 5.91 Å². The topological polar surface area (TPSA) is 121 Å². The zero-order chi connectivity index (χ0) is 20.2. The van der Waals surface area contributed by atoms with Crippen LogP contribution < -0.4 is 10.1 Å². The van der Waals surface area contributed by atoms with E-state index in [4.69, 9.17) is 18.6 Å². The molecule has 6 rings (SSSR count). The van der Waals surface area contributed by atoms with E-state index in [1.807, 2.05) is 0 Å². The summed E-state index contributed by atoms with van der Waals surface area (Å²) in [5.74, 6) is -3.86. The van der Waals surface area contributed by atoms with Gasteiger partial charge in [-0.25, -0.2) is 4.79 Å². The van der Waals surface area contributed by atoms with E-state index in [9.17, 15) is 19.2 Å². The fourth-order valence-electron chi connectivity index (χ4n) is 5.34. The minimum atomic E-state index is -0.799. The Morgan fingerprint density at radius 1 is 1.28 bits per heavy atom. The minimum absolute atomic E-state index is 0.140. The van der Waals surface area contributed by atoms with Gasteiger partial charge in [-0.2, -0.15) is 0 Å². The average Bonchev–Trinajstić information content (AvgIpc) is 3.44. The number of hydrogen-bond acceptors (Lipinski definition) is 8. The van der Waals surface area contributed by atoms with Crippen LogP contribution in [0.4, 0.5) is 5.69 Å². The van der Waals surface area contributed by atoms with Gasteiger partial charge in [-0.15, -0.1) is 0 Å². The molecule has 3 fully saturated rings. The van der Waals surface area contributed by atoms with Crippen molar-refractivity contribution in [2.45, 2.75) is 25.6 Å². The molecular formula is C20H15NO8. The molecule has 6 unspecified atom stereocenters. The lowest BCUT2D eigenvalue weighted by Gasteiger charge is -2.30. The van der Waals surface area contributed by atoms with Gasteiger partial charge in [-0.05, 0) is 13.3 Å². The molecule has 1 saturated heterocycles. The monoisotopic (exact) mass is 397 g/mol. The summed E-state index contributed by atoms with van der Waals surface area (Å²) in [5, 5.41) is 2.62. The van der Waals surface area contributed by atoms with Gasteiger partial charge in [0.05, 0.1) is 17.4 Å². The van der Waals surface area contributed by atoms with Crippen LogP contribution in [0.5, 0.6) is 5.75 Å². The smallest absolute Gasteiger partial charge is 0.333 e. The molecule has 2 aliphatic heterocycles. The van der Waals surface area contributed by atoms with Crippen molar-refractivity contribution in [3.63, 3.8) is 0 Å². The third-order valence-corrected chi connectivity index (χ3v) is 6.51. The molecule has 9 heteroatoms. The van der Waals surface area contributed by atoms with Crippen LogP contribution in [0.15, 0.2) is 22.6 Å². The molecule has 0 spiro atoms. The fourth-order valence-corrected chi connectivity index (χ4v) is 5.34. The standard InChI is InChI=1S/C20H15NO8/c1-5(2)18(23)27-14-6-3-7-10(19(24)28-15(7)14)11(6)20(25)29-16-9-4-8-13(26-9)12(16)21-17(8)22/h4,6-7,10-11,14-15H,1,3H2,2H3,(H,21,22). The molecule has 29 heavy (non-hydrogen) atoms. The molecule has 4 bridgehead atoms. The lowest BCUT2D eigenvalue weighted by molar-refractivity contribution is -0.160. The van der Waals surface area contributed by atoms with Crippen molar-refractivity contribution in [3.8, 4) is 5.75 Å². The minimum Gasteiger partial charge on any atom is -0.458 e. The number of amides is 1. The molecular weight excluding hydrogens is 382 g/mol. The molecule has 0 aromatic carbocycles. The molecule has 2 aliphatic carbocycles. The van der Waals surface area contributed by atoms with Crippen LogP contribution in [0.1, 0.15) is 23.7 Å². The third-order valence-electron chi connectivity index (χ3n) is 6.51. The summed E-state index contributed by atoms with van der Waals surface area (Å²) in [7, 11) is 0. The molecule has 4 heterocycles. The number of nitrogens with one attached hydrogen (secondary N) is 1. The number of fused-ring (bicyclic) bond motifs is 2. The van der Waals surface area contributed by atoms with Gasteiger partial charge in [-0.3, -0.25) is 14.4 Å². The average molecular weight is 397 g/mol. The highest BCUT2D eigenvalue weighted by atomic mass is 16.6. The van der Waals surface area contributed by atoms with E-state index in [1.54, 1.807) is 0 Å². The van der Waals surface area contributed by atoms with E-state index in [0.717, 1.165) is 0 Å². The Morgan fingerprint density at radius 3 is 2.83 bits per heavy atom. The molecule has 9 nitrogen and oxygen atoms in total. The summed E-state index contributed by atoms with van der Waals surface area (Å²) in [6.07, 6.45) is -0.716. The Kier molecular flexibility index (Phi) is 2.95. The Morgan fingerprint density at radius 2 is 2.07 bits per heavy atom. The summed E-state index contributed by atoms with van der Waals surface area (Å²) >= 11 is 0. The number of hydrogen-bond donors (Lipinski definition) is 1. The normalized spacial score (nSPS) is 33.3. The first-order valence-electron chi connectivity index (χ1n) is 9.34. The summed E-state index contributed by atoms with van der Waals surface area (Å²) in [4.78, 5) is 49.4. The maximum absolute atomic E-state index is 13.1. The van der Waals surface area contributed by atoms with Gasteiger partial charge in [0.1, 0.15) is 17.9 Å². The van der Waals surface area contributed by atoms with Gasteiger partial charge >= 0.3 is 17.9 Å². The van der Waals surface area contributed by atoms with Gasteiger partial charge < -0.3 is 23.9 Å². The predicted octanol–water partition coefficient (Wildman–Crippen LogP) is 1.64. The van der Waals surface area contributed by atoms with Crippen LogP contribution in [0.3, 0.4) is 0 Å². The van der Waals surface area contributed by atoms with Crippen LogP contribution in [0, 0.1) is 23.7 Å². The van der Waals surface area contributed by atoms with E-state index in [-0.39, 0.29) is 34.6 Å². The zero-order valence-electron chi connectivity index (χ0n) is 15.2. The first-order chi connectivity index (χ1) is 13.8. The van der Waals surface area contributed by atoms with Crippen molar-refractivity contribution in [2.24, 2.45) is 23.7 Å². The van der Waals surface area contributed by atoms with Gasteiger partial charge in [0.2, 0.25) is 5.75 Å². The first-order valence-corrected chi connectivity index (χ1v) is 9.34. The number of carbonyl (C=O) groups excluding carboxylic acids is 4. The lowest BCUT2D eigenvalue weighted by atomic mass is 9.78. The molecule has 1 N–H and O–H groups in total. The molecule has 2 aromatic heterocycles. The second-order valence-electron chi connectivity index (χ2n) is 8.10. The van der Waals surface area contributed by atoms with E-state index in [2.05, 4.69) is 11.9 Å². The number of rotatable bonds is 4. The second kappa shape index (κ2) is 5.16. The summed E-state index contributed by atoms with van der Waals surface area (Å²) in [6, 6.07) is 1.52. The number of carbonyl (C=O) groups is 4. The van der Waals surface area contributed by atoms with Gasteiger partial charge in [0.15, 0.2) is 11.2 Å². The first kappa shape index (κ1) is 16.6. The highest BCUT2D eigenvalue weighted by Gasteiger charge is 2.70. The van der Waals surface area contributed by atoms with E-state index >= 15 is 0 Å². The molecule has 2 saturated carbocycles. The van der Waals surface area contributed by atoms with Crippen molar-refractivity contribution in [3.05, 3.63) is 23.8 Å². The largest absolute Gasteiger partial charge is 0.458 e. The number of furan rings is 2. The summed E-state index contributed by atoms with van der Waals surface area (Å²) in [6.45, 7) is 5.10. The fraction of sp³-hybridized carbons (Fsp3) is 0.400. The quantitative estimate of drug-likeness (QED) is 0.469. The Labute approximate surface area is 163 Å². The Bertz CT molecular complexity index is 1150. The Balaban J connectivity index is 1.30. The van der Waals surface area contributed by atoms with Crippen molar-refractivity contribution in [2.75, 3.05) is 5.32 Å². The van der Waals surface area contributed by atoms with Crippen molar-refractivity contribution in [1.29, 1.82) is 0 Å². The second-order valence-corrected chi connectivity index (χ2v) is 8.10. The zero-order valence-corrected chi connectivity index (χ0v) is 15.2. The maximum atomic E-state index is 13.1. The molecule has 4 aliphatic rings. The Hall–Kier alpha value is -3.36. The molecule has 1 amide bonds. The van der Waals surface area contributed by atoms with Crippen molar-refractivity contribution >= 4 is 40.7 Å². The number of benzene rings is 1. The SMILES string of the molecule is C=C(C)C(=O)OC1C2CC3C1OC(=O)C3C2C(=O)Oc1c2c3oc1cc3C(=O)N2. The summed E-state index contributed by atoms with van der Waals surface area (Å²) in [5.41, 5.74) is 1.61. The maximum Gasteiger partial charge on any atom is 0.333 e. The highest BCUT2D eigenvalue weighted by molar-refractivity contribution is 6.23. The van der Waals surface area contributed by atoms with Gasteiger partial charge in [-0.1, -0.05) is 6.58 Å². The highest BCUT2D eigenvalue weighted by Crippen LogP contribution is 2.59. The van der Waals surface area contributed by atoms with Gasteiger partial charge in [0, 0.05) is 23.5 Å². The van der Waals surface area contributed by atoms with E-state index in [1.165, 1.54) is 13.0 Å². The molecule has 0 radical (unpaired) electrons. The van der Waals surface area contributed by atoms with Crippen molar-refractivity contribution < 1.29 is 37.8 Å². The third kappa shape index (κ3) is 1.94. The lowest BCUT2D eigenvalue weighted by Crippen LogP contribution is -2.44. The predicted molar refractivity (Wildman–Crippen MR) is 94.1 cm³/mol. The number of esters is 3. The molecule has 148 valence electrons. The van der Waals surface area contributed by atoms with E-state index < -0.39 is 42.0 Å². The van der Waals surface area contributed by atoms with Crippen LogP contribution in [-0.4, -0.2) is 36.0 Å². The number of ether oxygens (including phenoxy) is 3. The van der Waals surface area contributed by atoms with Crippen LogP contribution >= 0.6 is 0 Å². The van der Waals surface area contributed by atoms with E-state index in [0.29, 0.717) is 23.3 Å². The van der Waals surface area contributed by atoms with Crippen LogP contribution in [0.2, 0.25) is 0 Å². The molecule has 6 atom stereocenters.